The highest BCUT2D eigenvalue weighted by molar-refractivity contribution is 5.98. The summed E-state index contributed by atoms with van der Waals surface area (Å²) in [6.45, 7) is 2.87. The second-order valence-corrected chi connectivity index (χ2v) is 6.76. The highest BCUT2D eigenvalue weighted by atomic mass is 35.5. The first-order valence-corrected chi connectivity index (χ1v) is 8.85. The van der Waals surface area contributed by atoms with Crippen LogP contribution in [0.1, 0.15) is 53.6 Å². The van der Waals surface area contributed by atoms with Crippen molar-refractivity contribution in [3.8, 4) is 0 Å². The molecule has 1 aromatic rings. The SMILES string of the molecule is Cl.O=C(CCC(=O)c1ccc2c(c1)CCC2)NCCC1CCNC1. The number of halogens is 1. The van der Waals surface area contributed by atoms with Crippen molar-refractivity contribution < 1.29 is 9.59 Å². The molecule has 1 unspecified atom stereocenters. The largest absolute Gasteiger partial charge is 0.356 e. The number of fused-ring (bicyclic) bond motifs is 1. The van der Waals surface area contributed by atoms with Gasteiger partial charge in [0.15, 0.2) is 5.78 Å². The maximum atomic E-state index is 12.2. The Hall–Kier alpha value is -1.39. The summed E-state index contributed by atoms with van der Waals surface area (Å²) >= 11 is 0. The normalized spacial score (nSPS) is 18.8. The fourth-order valence-electron chi connectivity index (χ4n) is 3.58. The van der Waals surface area contributed by atoms with Gasteiger partial charge in [-0.2, -0.15) is 0 Å². The van der Waals surface area contributed by atoms with Crippen molar-refractivity contribution in [1.82, 2.24) is 10.6 Å². The van der Waals surface area contributed by atoms with Crippen LogP contribution in [0.15, 0.2) is 18.2 Å². The van der Waals surface area contributed by atoms with Gasteiger partial charge < -0.3 is 10.6 Å². The molecule has 24 heavy (non-hydrogen) atoms. The fourth-order valence-corrected chi connectivity index (χ4v) is 3.58. The van der Waals surface area contributed by atoms with Crippen molar-refractivity contribution in [3.05, 3.63) is 34.9 Å². The van der Waals surface area contributed by atoms with E-state index < -0.39 is 0 Å². The van der Waals surface area contributed by atoms with Crippen LogP contribution in [-0.4, -0.2) is 31.3 Å². The number of benzene rings is 1. The van der Waals surface area contributed by atoms with Crippen molar-refractivity contribution in [1.29, 1.82) is 0 Å². The minimum atomic E-state index is -0.00883. The summed E-state index contributed by atoms with van der Waals surface area (Å²) in [6.07, 6.45) is 6.21. The third-order valence-electron chi connectivity index (χ3n) is 5.04. The summed E-state index contributed by atoms with van der Waals surface area (Å²) in [5.74, 6) is 0.753. The lowest BCUT2D eigenvalue weighted by Gasteiger charge is -2.09. The zero-order valence-electron chi connectivity index (χ0n) is 14.1. The predicted molar refractivity (Wildman–Crippen MR) is 97.9 cm³/mol. The number of hydrogen-bond donors (Lipinski definition) is 2. The Labute approximate surface area is 150 Å². The summed E-state index contributed by atoms with van der Waals surface area (Å²) in [7, 11) is 0. The predicted octanol–water partition coefficient (Wildman–Crippen LogP) is 2.68. The molecule has 132 valence electrons. The van der Waals surface area contributed by atoms with Crippen LogP contribution in [-0.2, 0) is 17.6 Å². The molecule has 1 heterocycles. The molecule has 1 fully saturated rings. The van der Waals surface area contributed by atoms with Gasteiger partial charge in [0, 0.05) is 24.9 Å². The molecule has 1 saturated heterocycles. The van der Waals surface area contributed by atoms with Crippen LogP contribution >= 0.6 is 12.4 Å². The minimum Gasteiger partial charge on any atom is -0.356 e. The van der Waals surface area contributed by atoms with E-state index in [0.29, 0.717) is 18.8 Å². The first-order valence-electron chi connectivity index (χ1n) is 8.85. The van der Waals surface area contributed by atoms with Gasteiger partial charge in [0.1, 0.15) is 0 Å². The molecule has 1 atom stereocenters. The maximum absolute atomic E-state index is 12.2. The topological polar surface area (TPSA) is 58.2 Å². The summed E-state index contributed by atoms with van der Waals surface area (Å²) < 4.78 is 0. The Balaban J connectivity index is 0.00000208. The Morgan fingerprint density at radius 3 is 2.79 bits per heavy atom. The van der Waals surface area contributed by atoms with Crippen molar-refractivity contribution >= 4 is 24.1 Å². The molecule has 0 aromatic heterocycles. The zero-order valence-corrected chi connectivity index (χ0v) is 14.9. The Morgan fingerprint density at radius 1 is 1.17 bits per heavy atom. The van der Waals surface area contributed by atoms with Gasteiger partial charge in [0.25, 0.3) is 0 Å². The first-order chi connectivity index (χ1) is 11.2. The van der Waals surface area contributed by atoms with Crippen LogP contribution < -0.4 is 10.6 Å². The number of amides is 1. The second kappa shape index (κ2) is 9.19. The average Bonchev–Trinajstić information content (AvgIpc) is 3.23. The first kappa shape index (κ1) is 18.9. The molecule has 0 saturated carbocycles. The van der Waals surface area contributed by atoms with E-state index in [9.17, 15) is 9.59 Å². The number of ketones is 1. The van der Waals surface area contributed by atoms with Crippen LogP contribution in [0.5, 0.6) is 0 Å². The lowest BCUT2D eigenvalue weighted by atomic mass is 10.0. The standard InChI is InChI=1S/C19H26N2O2.ClH/c22-18(17-5-4-15-2-1-3-16(15)12-17)6-7-19(23)21-11-9-14-8-10-20-13-14;/h4-5,12,14,20H,1-3,6-11,13H2,(H,21,23);1H. The Bertz CT molecular complexity index is 583. The second-order valence-electron chi connectivity index (χ2n) is 6.76. The van der Waals surface area contributed by atoms with Gasteiger partial charge in [-0.25, -0.2) is 0 Å². The number of rotatable bonds is 7. The molecule has 0 radical (unpaired) electrons. The van der Waals surface area contributed by atoms with Crippen molar-refractivity contribution in [2.24, 2.45) is 5.92 Å². The lowest BCUT2D eigenvalue weighted by molar-refractivity contribution is -0.121. The van der Waals surface area contributed by atoms with Crippen LogP contribution in [0, 0.1) is 5.92 Å². The van der Waals surface area contributed by atoms with Gasteiger partial charge >= 0.3 is 0 Å². The molecule has 4 nitrogen and oxygen atoms in total. The molecule has 2 N–H and O–H groups in total. The molecule has 1 aliphatic carbocycles. The highest BCUT2D eigenvalue weighted by Crippen LogP contribution is 2.23. The van der Waals surface area contributed by atoms with E-state index in [2.05, 4.69) is 16.7 Å². The molecular weight excluding hydrogens is 324 g/mol. The van der Waals surface area contributed by atoms with Crippen molar-refractivity contribution in [2.75, 3.05) is 19.6 Å². The number of carbonyl (C=O) groups is 2. The van der Waals surface area contributed by atoms with Crippen molar-refractivity contribution in [2.45, 2.75) is 44.9 Å². The highest BCUT2D eigenvalue weighted by Gasteiger charge is 2.16. The molecule has 2 aliphatic rings. The number of carbonyl (C=O) groups excluding carboxylic acids is 2. The van der Waals surface area contributed by atoms with E-state index >= 15 is 0 Å². The van der Waals surface area contributed by atoms with Crippen LogP contribution in [0.2, 0.25) is 0 Å². The fraction of sp³-hybridized carbons (Fsp3) is 0.579. The minimum absolute atomic E-state index is 0. The van der Waals surface area contributed by atoms with Gasteiger partial charge in [-0.15, -0.1) is 12.4 Å². The molecule has 0 spiro atoms. The van der Waals surface area contributed by atoms with E-state index in [1.165, 1.54) is 24.0 Å². The molecule has 3 rings (SSSR count). The molecule has 0 bridgehead atoms. The number of nitrogens with one attached hydrogen (secondary N) is 2. The molecule has 1 aliphatic heterocycles. The summed E-state index contributed by atoms with van der Waals surface area (Å²) in [5.41, 5.74) is 3.45. The van der Waals surface area contributed by atoms with E-state index in [4.69, 9.17) is 0 Å². The van der Waals surface area contributed by atoms with Crippen molar-refractivity contribution in [3.63, 3.8) is 0 Å². The van der Waals surface area contributed by atoms with E-state index in [0.717, 1.165) is 44.5 Å². The van der Waals surface area contributed by atoms with E-state index in [1.807, 2.05) is 12.1 Å². The monoisotopic (exact) mass is 350 g/mol. The summed E-state index contributed by atoms with van der Waals surface area (Å²) in [4.78, 5) is 24.1. The summed E-state index contributed by atoms with van der Waals surface area (Å²) in [6, 6.07) is 6.01. The molecule has 1 amide bonds. The third-order valence-corrected chi connectivity index (χ3v) is 5.04. The quantitative estimate of drug-likeness (QED) is 0.743. The lowest BCUT2D eigenvalue weighted by Crippen LogP contribution is -2.26. The van der Waals surface area contributed by atoms with Crippen LogP contribution in [0.4, 0.5) is 0 Å². The van der Waals surface area contributed by atoms with E-state index in [1.54, 1.807) is 0 Å². The smallest absolute Gasteiger partial charge is 0.220 e. The maximum Gasteiger partial charge on any atom is 0.220 e. The number of hydrogen-bond acceptors (Lipinski definition) is 3. The van der Waals surface area contributed by atoms with Gasteiger partial charge in [0.05, 0.1) is 0 Å². The van der Waals surface area contributed by atoms with Gasteiger partial charge in [0.2, 0.25) is 5.91 Å². The van der Waals surface area contributed by atoms with Gasteiger partial charge in [-0.05, 0) is 68.3 Å². The van der Waals surface area contributed by atoms with Gasteiger partial charge in [-0.3, -0.25) is 9.59 Å². The van der Waals surface area contributed by atoms with Gasteiger partial charge in [-0.1, -0.05) is 12.1 Å². The molecule has 5 heteroatoms. The molecule has 1 aromatic carbocycles. The summed E-state index contributed by atoms with van der Waals surface area (Å²) in [5, 5.41) is 6.27. The van der Waals surface area contributed by atoms with Crippen LogP contribution in [0.3, 0.4) is 0 Å². The Morgan fingerprint density at radius 2 is 2.00 bits per heavy atom. The molecular formula is C19H27ClN2O2. The number of Topliss-reactive ketones (excluding diaryl/α,β-unsaturated/α-hetero) is 1. The zero-order chi connectivity index (χ0) is 16.1. The van der Waals surface area contributed by atoms with Crippen LogP contribution in [0.25, 0.3) is 0 Å². The number of aryl methyl sites for hydroxylation is 2. The average molecular weight is 351 g/mol. The third kappa shape index (κ3) is 5.05. The Kier molecular flexibility index (Phi) is 7.25. The van der Waals surface area contributed by atoms with E-state index in [-0.39, 0.29) is 24.1 Å².